The van der Waals surface area contributed by atoms with Crippen LogP contribution in [0.2, 0.25) is 0 Å². The summed E-state index contributed by atoms with van der Waals surface area (Å²) in [5.74, 6) is 0. The Morgan fingerprint density at radius 3 is 1.78 bits per heavy atom. The summed E-state index contributed by atoms with van der Waals surface area (Å²) in [6.45, 7) is 1.12. The van der Waals surface area contributed by atoms with Crippen LogP contribution in [0.5, 0.6) is 0 Å². The molecule has 52 valence electrons. The third-order valence-electron chi connectivity index (χ3n) is 0.770. The van der Waals surface area contributed by atoms with Crippen LogP contribution < -0.4 is 0 Å². The molecule has 2 nitrogen and oxygen atoms in total. The summed E-state index contributed by atoms with van der Waals surface area (Å²) in [6, 6.07) is 1.44. The van der Waals surface area contributed by atoms with Crippen LogP contribution in [0.4, 0.5) is 0 Å². The minimum absolute atomic E-state index is 1.12. The Balaban J connectivity index is 4.39. The van der Waals surface area contributed by atoms with Crippen LogP contribution in [0.3, 0.4) is 0 Å². The van der Waals surface area contributed by atoms with Crippen LogP contribution in [0, 0.1) is 11.3 Å². The fourth-order valence-corrected chi connectivity index (χ4v) is 0.190. The molecule has 5 heteroatoms. The van der Waals surface area contributed by atoms with Gasteiger partial charge < -0.3 is 5.11 Å². The molecule has 0 fully saturated rings. The number of alkyl halides is 3. The fourth-order valence-electron chi connectivity index (χ4n) is 0.0634. The lowest BCUT2D eigenvalue weighted by molar-refractivity contribution is 0.124. The summed E-state index contributed by atoms with van der Waals surface area (Å²) in [5.41, 5.74) is -1.92. The number of aliphatic hydroxyl groups is 1. The maximum atomic E-state index is 8.90. The van der Waals surface area contributed by atoms with Crippen molar-refractivity contribution in [2.24, 2.45) is 0 Å². The molecule has 0 saturated heterocycles. The third-order valence-corrected chi connectivity index (χ3v) is 1.87. The van der Waals surface area contributed by atoms with E-state index in [9.17, 15) is 0 Å². The molecule has 0 radical (unpaired) electrons. The lowest BCUT2D eigenvalue weighted by Crippen LogP contribution is -2.37. The molecule has 0 aromatic carbocycles. The molecule has 1 unspecified atom stereocenters. The van der Waals surface area contributed by atoms with Gasteiger partial charge in [-0.05, 0) is 6.92 Å². The Morgan fingerprint density at radius 1 is 1.44 bits per heavy atom. The minimum Gasteiger partial charge on any atom is -0.372 e. The van der Waals surface area contributed by atoms with Crippen LogP contribution in [0.25, 0.3) is 0 Å². The summed E-state index contributed by atoms with van der Waals surface area (Å²) in [5, 5.41) is 17.1. The maximum Gasteiger partial charge on any atom is 0.231 e. The zero-order valence-corrected chi connectivity index (χ0v) is 6.80. The Hall–Kier alpha value is 0.320. The Morgan fingerprint density at radius 2 is 1.78 bits per heavy atom. The molecule has 0 spiro atoms. The van der Waals surface area contributed by atoms with Gasteiger partial charge in [0.05, 0.1) is 0 Å². The number of nitriles is 1. The number of rotatable bonds is 0. The van der Waals surface area contributed by atoms with Crippen molar-refractivity contribution in [3.8, 4) is 6.07 Å². The molecular formula is C4H4Cl3NO. The Labute approximate surface area is 67.9 Å². The summed E-state index contributed by atoms with van der Waals surface area (Å²) in [6.07, 6.45) is 0. The fraction of sp³-hybridized carbons (Fsp3) is 0.750. The highest BCUT2D eigenvalue weighted by Crippen LogP contribution is 2.37. The lowest BCUT2D eigenvalue weighted by Gasteiger charge is -2.22. The van der Waals surface area contributed by atoms with Crippen LogP contribution in [-0.4, -0.2) is 14.5 Å². The van der Waals surface area contributed by atoms with Crippen molar-refractivity contribution < 1.29 is 5.11 Å². The van der Waals surface area contributed by atoms with E-state index in [0.29, 0.717) is 0 Å². The molecule has 1 N–H and O–H groups in total. The first-order valence-electron chi connectivity index (χ1n) is 2.01. The maximum absolute atomic E-state index is 8.90. The second-order valence-corrected chi connectivity index (χ2v) is 3.96. The SMILES string of the molecule is CC(O)(C#N)C(Cl)(Cl)Cl. The topological polar surface area (TPSA) is 44.0 Å². The Bertz CT molecular complexity index is 143. The van der Waals surface area contributed by atoms with E-state index in [1.54, 1.807) is 0 Å². The van der Waals surface area contributed by atoms with Gasteiger partial charge in [0.1, 0.15) is 6.07 Å². The minimum atomic E-state index is -1.94. The Kier molecular flexibility index (Phi) is 2.60. The predicted octanol–water partition coefficient (Wildman–Crippen LogP) is 1.63. The normalized spacial score (nSPS) is 18.2. The van der Waals surface area contributed by atoms with Crippen molar-refractivity contribution in [2.75, 3.05) is 0 Å². The van der Waals surface area contributed by atoms with Crippen LogP contribution in [-0.2, 0) is 0 Å². The molecule has 0 amide bonds. The van der Waals surface area contributed by atoms with Crippen molar-refractivity contribution in [1.82, 2.24) is 0 Å². The van der Waals surface area contributed by atoms with E-state index in [-0.39, 0.29) is 0 Å². The number of hydrogen-bond acceptors (Lipinski definition) is 2. The molecule has 9 heavy (non-hydrogen) atoms. The van der Waals surface area contributed by atoms with E-state index in [0.717, 1.165) is 6.92 Å². The van der Waals surface area contributed by atoms with Crippen molar-refractivity contribution in [2.45, 2.75) is 16.3 Å². The van der Waals surface area contributed by atoms with Gasteiger partial charge >= 0.3 is 0 Å². The molecule has 0 rings (SSSR count). The highest BCUT2D eigenvalue weighted by molar-refractivity contribution is 6.68. The number of halogens is 3. The smallest absolute Gasteiger partial charge is 0.231 e. The summed E-state index contributed by atoms with van der Waals surface area (Å²) in [4.78, 5) is 0. The molecule has 0 aliphatic rings. The number of hydrogen-bond donors (Lipinski definition) is 1. The van der Waals surface area contributed by atoms with Gasteiger partial charge in [-0.15, -0.1) is 0 Å². The van der Waals surface area contributed by atoms with Gasteiger partial charge in [-0.3, -0.25) is 0 Å². The van der Waals surface area contributed by atoms with E-state index < -0.39 is 9.39 Å². The first-order chi connectivity index (χ1) is 3.81. The first-order valence-corrected chi connectivity index (χ1v) is 3.15. The van der Waals surface area contributed by atoms with Crippen LogP contribution >= 0.6 is 34.8 Å². The quantitative estimate of drug-likeness (QED) is 0.464. The van der Waals surface area contributed by atoms with Crippen molar-refractivity contribution >= 4 is 34.8 Å². The largest absolute Gasteiger partial charge is 0.372 e. The zero-order chi connectivity index (χ0) is 7.71. The van der Waals surface area contributed by atoms with E-state index in [1.165, 1.54) is 6.07 Å². The first kappa shape index (κ1) is 9.32. The van der Waals surface area contributed by atoms with Gasteiger partial charge in [0.15, 0.2) is 5.60 Å². The highest BCUT2D eigenvalue weighted by atomic mass is 35.6. The van der Waals surface area contributed by atoms with Gasteiger partial charge in [0, 0.05) is 0 Å². The van der Waals surface area contributed by atoms with Crippen LogP contribution in [0.1, 0.15) is 6.92 Å². The monoisotopic (exact) mass is 187 g/mol. The summed E-state index contributed by atoms with van der Waals surface area (Å²) >= 11 is 15.5. The average Bonchev–Trinajstić information content (AvgIpc) is 1.64. The van der Waals surface area contributed by atoms with Gasteiger partial charge in [-0.1, -0.05) is 34.8 Å². The predicted molar refractivity (Wildman–Crippen MR) is 36.5 cm³/mol. The third kappa shape index (κ3) is 2.19. The van der Waals surface area contributed by atoms with E-state index in [2.05, 4.69) is 0 Å². The average molecular weight is 188 g/mol. The number of nitrogens with zero attached hydrogens (tertiary/aromatic N) is 1. The lowest BCUT2D eigenvalue weighted by atomic mass is 10.2. The van der Waals surface area contributed by atoms with Gasteiger partial charge in [0.2, 0.25) is 3.79 Å². The molecule has 0 saturated carbocycles. The standard InChI is InChI=1S/C4H4Cl3NO/c1-3(9,2-8)4(5,6)7/h9H,1H3. The second kappa shape index (κ2) is 2.51. The van der Waals surface area contributed by atoms with E-state index in [1.807, 2.05) is 0 Å². The van der Waals surface area contributed by atoms with Crippen molar-refractivity contribution in [1.29, 1.82) is 5.26 Å². The molecule has 0 aromatic rings. The van der Waals surface area contributed by atoms with Crippen molar-refractivity contribution in [3.63, 3.8) is 0 Å². The highest BCUT2D eigenvalue weighted by Gasteiger charge is 2.43. The molecule has 0 aromatic heterocycles. The van der Waals surface area contributed by atoms with E-state index in [4.69, 9.17) is 45.2 Å². The van der Waals surface area contributed by atoms with Gasteiger partial charge in [-0.25, -0.2) is 0 Å². The summed E-state index contributed by atoms with van der Waals surface area (Å²) in [7, 11) is 0. The van der Waals surface area contributed by atoms with Gasteiger partial charge in [-0.2, -0.15) is 5.26 Å². The molecule has 0 aliphatic heterocycles. The van der Waals surface area contributed by atoms with Gasteiger partial charge in [0.25, 0.3) is 0 Å². The molecule has 0 heterocycles. The van der Waals surface area contributed by atoms with E-state index >= 15 is 0 Å². The summed E-state index contributed by atoms with van der Waals surface area (Å²) < 4.78 is -1.94. The molecule has 0 bridgehead atoms. The second-order valence-electron chi connectivity index (χ2n) is 1.68. The molecule has 1 atom stereocenters. The van der Waals surface area contributed by atoms with Crippen LogP contribution in [0.15, 0.2) is 0 Å². The molecule has 0 aliphatic carbocycles. The van der Waals surface area contributed by atoms with Crippen molar-refractivity contribution in [3.05, 3.63) is 0 Å². The zero-order valence-electron chi connectivity index (χ0n) is 4.53. The molecular weight excluding hydrogens is 184 g/mol.